The summed E-state index contributed by atoms with van der Waals surface area (Å²) >= 11 is 2.68. The van der Waals surface area contributed by atoms with Crippen LogP contribution < -0.4 is 14.8 Å². The molecule has 1 aliphatic heterocycles. The summed E-state index contributed by atoms with van der Waals surface area (Å²) in [6.45, 7) is 1.72. The molecule has 1 aromatic carbocycles. The van der Waals surface area contributed by atoms with Gasteiger partial charge in [-0.15, -0.1) is 0 Å². The lowest BCUT2D eigenvalue weighted by Gasteiger charge is -2.00. The third-order valence-electron chi connectivity index (χ3n) is 2.50. The van der Waals surface area contributed by atoms with E-state index in [1.54, 1.807) is 0 Å². The molecule has 0 aliphatic carbocycles. The van der Waals surface area contributed by atoms with Gasteiger partial charge in [-0.25, -0.2) is 0 Å². The molecule has 0 radical (unpaired) electrons. The number of amides is 1. The number of thioether (sulfide) groups is 1. The van der Waals surface area contributed by atoms with E-state index in [-0.39, 0.29) is 12.7 Å². The molecule has 2 heterocycles. The smallest absolute Gasteiger partial charge is 0.231 e. The van der Waals surface area contributed by atoms with Gasteiger partial charge in [0.1, 0.15) is 0 Å². The molecular weight excluding hydrogens is 298 g/mol. The standard InChI is InChI=1S/C12H11N3O3S2/c1-7(16)13-11-14-12(15-20-11)19-5-8-2-3-9-10(4-8)18-6-17-9/h2-4H,5-6H2,1H3,(H,13,14,15,16). The molecule has 1 amide bonds. The predicted octanol–water partition coefficient (Wildman–Crippen LogP) is 2.52. The van der Waals surface area contributed by atoms with Crippen LogP contribution in [-0.4, -0.2) is 22.1 Å². The SMILES string of the molecule is CC(=O)Nc1nc(SCc2ccc3c(c2)OCO3)ns1. The van der Waals surface area contributed by atoms with Gasteiger partial charge < -0.3 is 14.8 Å². The number of carbonyl (C=O) groups is 1. The predicted molar refractivity (Wildman–Crippen MR) is 76.3 cm³/mol. The maximum absolute atomic E-state index is 10.9. The zero-order chi connectivity index (χ0) is 13.9. The van der Waals surface area contributed by atoms with Crippen molar-refractivity contribution in [2.45, 2.75) is 17.8 Å². The Hall–Kier alpha value is -1.80. The second-order valence-corrected chi connectivity index (χ2v) is 5.73. The van der Waals surface area contributed by atoms with E-state index in [0.717, 1.165) is 22.8 Å². The van der Waals surface area contributed by atoms with Crippen LogP contribution in [0.4, 0.5) is 5.13 Å². The van der Waals surface area contributed by atoms with Crippen molar-refractivity contribution in [1.29, 1.82) is 0 Å². The number of carbonyl (C=O) groups excluding carboxylic acids is 1. The molecule has 8 heteroatoms. The fraction of sp³-hybridized carbons (Fsp3) is 0.250. The van der Waals surface area contributed by atoms with Gasteiger partial charge in [0, 0.05) is 24.2 Å². The molecule has 0 atom stereocenters. The zero-order valence-electron chi connectivity index (χ0n) is 10.6. The summed E-state index contributed by atoms with van der Waals surface area (Å²) in [5.74, 6) is 2.13. The van der Waals surface area contributed by atoms with Crippen molar-refractivity contribution in [3.8, 4) is 11.5 Å². The van der Waals surface area contributed by atoms with Crippen LogP contribution in [0.25, 0.3) is 0 Å². The number of anilines is 1. The van der Waals surface area contributed by atoms with Crippen LogP contribution >= 0.6 is 23.3 Å². The molecule has 0 fully saturated rings. The quantitative estimate of drug-likeness (QED) is 0.875. The Kier molecular flexibility index (Phi) is 3.75. The number of benzene rings is 1. The van der Waals surface area contributed by atoms with Crippen LogP contribution in [0.2, 0.25) is 0 Å². The van der Waals surface area contributed by atoms with E-state index >= 15 is 0 Å². The number of nitrogens with one attached hydrogen (secondary N) is 1. The third-order valence-corrected chi connectivity index (χ3v) is 4.16. The van der Waals surface area contributed by atoms with Crippen LogP contribution in [0.1, 0.15) is 12.5 Å². The molecule has 3 rings (SSSR count). The molecule has 0 bridgehead atoms. The molecule has 20 heavy (non-hydrogen) atoms. The third kappa shape index (κ3) is 3.02. The lowest BCUT2D eigenvalue weighted by molar-refractivity contribution is -0.114. The van der Waals surface area contributed by atoms with Crippen molar-refractivity contribution >= 4 is 34.3 Å². The number of hydrogen-bond acceptors (Lipinski definition) is 7. The monoisotopic (exact) mass is 309 g/mol. The Morgan fingerprint density at radius 3 is 3.15 bits per heavy atom. The summed E-state index contributed by atoms with van der Waals surface area (Å²) in [5, 5.41) is 3.78. The summed E-state index contributed by atoms with van der Waals surface area (Å²) in [4.78, 5) is 15.1. The normalized spacial score (nSPS) is 12.4. The van der Waals surface area contributed by atoms with Gasteiger partial charge in [-0.2, -0.15) is 9.36 Å². The highest BCUT2D eigenvalue weighted by Crippen LogP contribution is 2.34. The van der Waals surface area contributed by atoms with E-state index in [0.29, 0.717) is 10.3 Å². The fourth-order valence-electron chi connectivity index (χ4n) is 1.65. The first-order valence-corrected chi connectivity index (χ1v) is 7.59. The maximum atomic E-state index is 10.9. The van der Waals surface area contributed by atoms with Gasteiger partial charge in [-0.05, 0) is 17.7 Å². The molecule has 0 spiro atoms. The summed E-state index contributed by atoms with van der Waals surface area (Å²) in [6.07, 6.45) is 0. The zero-order valence-corrected chi connectivity index (χ0v) is 12.2. The Balaban J connectivity index is 1.61. The molecule has 0 unspecified atom stereocenters. The van der Waals surface area contributed by atoms with Crippen molar-refractivity contribution in [2.24, 2.45) is 0 Å². The van der Waals surface area contributed by atoms with Gasteiger partial charge >= 0.3 is 0 Å². The van der Waals surface area contributed by atoms with Gasteiger partial charge in [0.05, 0.1) is 0 Å². The first kappa shape index (κ1) is 13.2. The van der Waals surface area contributed by atoms with E-state index in [2.05, 4.69) is 14.7 Å². The van der Waals surface area contributed by atoms with Gasteiger partial charge in [0.2, 0.25) is 23.0 Å². The summed E-state index contributed by atoms with van der Waals surface area (Å²) in [6, 6.07) is 5.84. The largest absolute Gasteiger partial charge is 0.454 e. The molecule has 6 nitrogen and oxygen atoms in total. The first-order valence-electron chi connectivity index (χ1n) is 5.83. The van der Waals surface area contributed by atoms with Crippen molar-refractivity contribution in [1.82, 2.24) is 9.36 Å². The Labute approximate surface area is 123 Å². The van der Waals surface area contributed by atoms with Gasteiger partial charge in [-0.1, -0.05) is 17.8 Å². The summed E-state index contributed by atoms with van der Waals surface area (Å²) < 4.78 is 14.8. The second-order valence-electron chi connectivity index (χ2n) is 4.04. The Bertz CT molecular complexity index is 645. The highest BCUT2D eigenvalue weighted by Gasteiger charge is 2.13. The average Bonchev–Trinajstić information content (AvgIpc) is 3.03. The minimum absolute atomic E-state index is 0.145. The number of rotatable bonds is 4. The van der Waals surface area contributed by atoms with Crippen molar-refractivity contribution in [3.63, 3.8) is 0 Å². The maximum Gasteiger partial charge on any atom is 0.231 e. The van der Waals surface area contributed by atoms with Crippen molar-refractivity contribution in [2.75, 3.05) is 12.1 Å². The van der Waals surface area contributed by atoms with Gasteiger partial charge in [0.15, 0.2) is 11.5 Å². The Morgan fingerprint density at radius 1 is 1.45 bits per heavy atom. The average molecular weight is 309 g/mol. The topological polar surface area (TPSA) is 73.3 Å². The highest BCUT2D eigenvalue weighted by atomic mass is 32.2. The van der Waals surface area contributed by atoms with Crippen molar-refractivity contribution in [3.05, 3.63) is 23.8 Å². The molecule has 2 aromatic rings. The number of fused-ring (bicyclic) bond motifs is 1. The van der Waals surface area contributed by atoms with Crippen LogP contribution in [0.15, 0.2) is 23.4 Å². The van der Waals surface area contributed by atoms with E-state index in [1.807, 2.05) is 18.2 Å². The molecule has 1 aliphatic rings. The van der Waals surface area contributed by atoms with E-state index in [4.69, 9.17) is 9.47 Å². The number of ether oxygens (including phenoxy) is 2. The van der Waals surface area contributed by atoms with Gasteiger partial charge in [0.25, 0.3) is 0 Å². The summed E-state index contributed by atoms with van der Waals surface area (Å²) in [7, 11) is 0. The van der Waals surface area contributed by atoms with E-state index in [1.165, 1.54) is 30.2 Å². The molecule has 1 N–H and O–H groups in total. The molecule has 104 valence electrons. The highest BCUT2D eigenvalue weighted by molar-refractivity contribution is 7.98. The lowest BCUT2D eigenvalue weighted by Crippen LogP contribution is -2.04. The Morgan fingerprint density at radius 2 is 2.30 bits per heavy atom. The number of nitrogens with zero attached hydrogens (tertiary/aromatic N) is 2. The minimum Gasteiger partial charge on any atom is -0.454 e. The van der Waals surface area contributed by atoms with Crippen LogP contribution in [0.3, 0.4) is 0 Å². The van der Waals surface area contributed by atoms with Crippen LogP contribution in [0.5, 0.6) is 11.5 Å². The lowest BCUT2D eigenvalue weighted by atomic mass is 10.2. The summed E-state index contributed by atoms with van der Waals surface area (Å²) in [5.41, 5.74) is 1.11. The molecule has 0 saturated carbocycles. The second kappa shape index (κ2) is 5.68. The number of hydrogen-bond donors (Lipinski definition) is 1. The van der Waals surface area contributed by atoms with Crippen molar-refractivity contribution < 1.29 is 14.3 Å². The van der Waals surface area contributed by atoms with E-state index < -0.39 is 0 Å². The number of aromatic nitrogens is 2. The molecular formula is C12H11N3O3S2. The fourth-order valence-corrected chi connectivity index (χ4v) is 3.18. The first-order chi connectivity index (χ1) is 9.70. The van der Waals surface area contributed by atoms with E-state index in [9.17, 15) is 4.79 Å². The van der Waals surface area contributed by atoms with Crippen LogP contribution in [0, 0.1) is 0 Å². The molecule has 0 saturated heterocycles. The molecule has 1 aromatic heterocycles. The minimum atomic E-state index is -0.145. The van der Waals surface area contributed by atoms with Crippen LogP contribution in [-0.2, 0) is 10.5 Å². The van der Waals surface area contributed by atoms with Gasteiger partial charge in [-0.3, -0.25) is 4.79 Å².